The molecule has 0 fully saturated rings. The zero-order chi connectivity index (χ0) is 20.3. The lowest BCUT2D eigenvalue weighted by atomic mass is 10.1. The molecule has 0 saturated carbocycles. The number of fused-ring (bicyclic) bond motifs is 1. The molecule has 0 bridgehead atoms. The molecular weight excluding hydrogens is 434 g/mol. The van der Waals surface area contributed by atoms with Crippen molar-refractivity contribution in [2.24, 2.45) is 5.10 Å². The minimum atomic E-state index is -0.564. The fraction of sp³-hybridized carbons (Fsp3) is 0.222. The van der Waals surface area contributed by atoms with Gasteiger partial charge < -0.3 is 14.2 Å². The van der Waals surface area contributed by atoms with Gasteiger partial charge in [-0.3, -0.25) is 14.9 Å². The van der Waals surface area contributed by atoms with Crippen molar-refractivity contribution in [1.29, 1.82) is 0 Å². The third-order valence-electron chi connectivity index (χ3n) is 3.83. The van der Waals surface area contributed by atoms with Crippen molar-refractivity contribution in [3.63, 3.8) is 0 Å². The lowest BCUT2D eigenvalue weighted by Crippen LogP contribution is -2.25. The van der Waals surface area contributed by atoms with E-state index in [2.05, 4.69) is 26.5 Å². The summed E-state index contributed by atoms with van der Waals surface area (Å²) in [7, 11) is 0. The van der Waals surface area contributed by atoms with E-state index in [1.54, 1.807) is 0 Å². The van der Waals surface area contributed by atoms with E-state index in [4.69, 9.17) is 14.2 Å². The van der Waals surface area contributed by atoms with Crippen molar-refractivity contribution in [2.45, 2.75) is 13.8 Å². The largest absolute Gasteiger partial charge is 0.482 e. The van der Waals surface area contributed by atoms with Crippen LogP contribution in [0, 0.1) is 24.0 Å². The Morgan fingerprint density at radius 1 is 1.32 bits per heavy atom. The lowest BCUT2D eigenvalue weighted by Gasteiger charge is -2.11. The van der Waals surface area contributed by atoms with Gasteiger partial charge in [0.15, 0.2) is 18.1 Å². The summed E-state index contributed by atoms with van der Waals surface area (Å²) >= 11 is 3.41. The summed E-state index contributed by atoms with van der Waals surface area (Å²) < 4.78 is 16.6. The predicted molar refractivity (Wildman–Crippen MR) is 104 cm³/mol. The van der Waals surface area contributed by atoms with Gasteiger partial charge in [0.1, 0.15) is 5.75 Å². The number of ether oxygens (including phenoxy) is 3. The van der Waals surface area contributed by atoms with Gasteiger partial charge in [-0.1, -0.05) is 6.07 Å². The van der Waals surface area contributed by atoms with Crippen LogP contribution >= 0.6 is 15.9 Å². The van der Waals surface area contributed by atoms with Crippen LogP contribution in [0.15, 0.2) is 33.8 Å². The number of amides is 1. The van der Waals surface area contributed by atoms with Gasteiger partial charge in [0.25, 0.3) is 11.6 Å². The summed E-state index contributed by atoms with van der Waals surface area (Å²) in [6.07, 6.45) is 1.17. The SMILES string of the molecule is Cc1cc(C)c(OCC(=O)N/N=C/c2cc3c(cc2[N+](=O)[O-])OCO3)c(Br)c1. The van der Waals surface area contributed by atoms with Gasteiger partial charge >= 0.3 is 0 Å². The van der Waals surface area contributed by atoms with Gasteiger partial charge in [0.05, 0.1) is 27.2 Å². The van der Waals surface area contributed by atoms with Crippen LogP contribution in [0.25, 0.3) is 0 Å². The lowest BCUT2D eigenvalue weighted by molar-refractivity contribution is -0.385. The van der Waals surface area contributed by atoms with Gasteiger partial charge in [-0.05, 0) is 53.0 Å². The van der Waals surface area contributed by atoms with E-state index in [0.717, 1.165) is 15.6 Å². The molecule has 3 rings (SSSR count). The molecular formula is C18H16BrN3O6. The number of hydrazone groups is 1. The topological polar surface area (TPSA) is 112 Å². The summed E-state index contributed by atoms with van der Waals surface area (Å²) in [4.78, 5) is 22.6. The van der Waals surface area contributed by atoms with Gasteiger partial charge in [0.2, 0.25) is 6.79 Å². The van der Waals surface area contributed by atoms with Crippen molar-refractivity contribution in [3.8, 4) is 17.2 Å². The minimum Gasteiger partial charge on any atom is -0.482 e. The molecule has 2 aromatic rings. The Hall–Kier alpha value is -3.14. The third-order valence-corrected chi connectivity index (χ3v) is 4.42. The highest BCUT2D eigenvalue weighted by atomic mass is 79.9. The van der Waals surface area contributed by atoms with E-state index in [1.165, 1.54) is 18.3 Å². The minimum absolute atomic E-state index is 0.00482. The molecule has 0 aliphatic carbocycles. The summed E-state index contributed by atoms with van der Waals surface area (Å²) in [6, 6.07) is 6.51. The second kappa shape index (κ2) is 8.26. The third kappa shape index (κ3) is 4.39. The van der Waals surface area contributed by atoms with Crippen LogP contribution in [0.1, 0.15) is 16.7 Å². The number of nitrogens with zero attached hydrogens (tertiary/aromatic N) is 2. The Morgan fingerprint density at radius 3 is 2.71 bits per heavy atom. The Kier molecular flexibility index (Phi) is 5.78. The van der Waals surface area contributed by atoms with E-state index in [9.17, 15) is 14.9 Å². The van der Waals surface area contributed by atoms with E-state index >= 15 is 0 Å². The molecule has 9 nitrogen and oxygen atoms in total. The molecule has 0 unspecified atom stereocenters. The van der Waals surface area contributed by atoms with Crippen LogP contribution in [0.2, 0.25) is 0 Å². The fourth-order valence-corrected chi connectivity index (χ4v) is 3.43. The number of benzene rings is 2. The van der Waals surface area contributed by atoms with E-state index in [0.29, 0.717) is 17.2 Å². The van der Waals surface area contributed by atoms with Crippen molar-refractivity contribution >= 4 is 33.7 Å². The van der Waals surface area contributed by atoms with Crippen LogP contribution in [0.3, 0.4) is 0 Å². The van der Waals surface area contributed by atoms with Gasteiger partial charge in [0, 0.05) is 0 Å². The number of nitro benzene ring substituents is 1. The zero-order valence-electron chi connectivity index (χ0n) is 15.0. The molecule has 1 amide bonds. The summed E-state index contributed by atoms with van der Waals surface area (Å²) in [5, 5.41) is 15.0. The molecule has 1 N–H and O–H groups in total. The molecule has 0 spiro atoms. The first-order chi connectivity index (χ1) is 13.3. The Bertz CT molecular complexity index is 953. The molecule has 0 radical (unpaired) electrons. The normalized spacial score (nSPS) is 12.2. The second-order valence-electron chi connectivity index (χ2n) is 6.00. The summed E-state index contributed by atoms with van der Waals surface area (Å²) in [5.74, 6) is 0.726. The standard InChI is InChI=1S/C18H16BrN3O6/c1-10-3-11(2)18(13(19)4-10)26-8-17(23)21-20-7-12-5-15-16(28-9-27-15)6-14(12)22(24)25/h3-7H,8-9H2,1-2H3,(H,21,23)/b20-7+. The number of halogens is 1. The molecule has 2 aromatic carbocycles. The van der Waals surface area contributed by atoms with Gasteiger partial charge in [-0.15, -0.1) is 0 Å². The molecule has 1 heterocycles. The van der Waals surface area contributed by atoms with Crippen LogP contribution in [-0.4, -0.2) is 30.4 Å². The van der Waals surface area contributed by atoms with Crippen molar-refractivity contribution < 1.29 is 23.9 Å². The smallest absolute Gasteiger partial charge is 0.282 e. The number of aryl methyl sites for hydroxylation is 2. The van der Waals surface area contributed by atoms with Gasteiger partial charge in [-0.2, -0.15) is 5.10 Å². The number of carbonyl (C=O) groups is 1. The van der Waals surface area contributed by atoms with Crippen molar-refractivity contribution in [1.82, 2.24) is 5.43 Å². The maximum atomic E-state index is 12.0. The molecule has 28 heavy (non-hydrogen) atoms. The molecule has 1 aliphatic heterocycles. The van der Waals surface area contributed by atoms with E-state index in [1.807, 2.05) is 26.0 Å². The maximum Gasteiger partial charge on any atom is 0.282 e. The van der Waals surface area contributed by atoms with Crippen LogP contribution in [0.5, 0.6) is 17.2 Å². The quantitative estimate of drug-likeness (QED) is 0.411. The summed E-state index contributed by atoms with van der Waals surface area (Å²) in [6.45, 7) is 3.57. The molecule has 0 saturated heterocycles. The Labute approximate surface area is 168 Å². The molecule has 10 heteroatoms. The second-order valence-corrected chi connectivity index (χ2v) is 6.85. The zero-order valence-corrected chi connectivity index (χ0v) is 16.6. The van der Waals surface area contributed by atoms with E-state index in [-0.39, 0.29) is 24.7 Å². The predicted octanol–water partition coefficient (Wildman–Crippen LogP) is 3.23. The van der Waals surface area contributed by atoms with Crippen molar-refractivity contribution in [3.05, 3.63) is 55.5 Å². The number of hydrogen-bond acceptors (Lipinski definition) is 7. The molecule has 146 valence electrons. The highest BCUT2D eigenvalue weighted by Gasteiger charge is 2.22. The first-order valence-electron chi connectivity index (χ1n) is 8.14. The molecule has 1 aliphatic rings. The number of nitrogens with one attached hydrogen (secondary N) is 1. The number of hydrogen-bond donors (Lipinski definition) is 1. The van der Waals surface area contributed by atoms with Crippen LogP contribution in [-0.2, 0) is 4.79 Å². The highest BCUT2D eigenvalue weighted by molar-refractivity contribution is 9.10. The highest BCUT2D eigenvalue weighted by Crippen LogP contribution is 2.37. The van der Waals surface area contributed by atoms with Gasteiger partial charge in [-0.25, -0.2) is 5.43 Å². The fourth-order valence-electron chi connectivity index (χ4n) is 2.64. The maximum absolute atomic E-state index is 12.0. The van der Waals surface area contributed by atoms with Crippen molar-refractivity contribution in [2.75, 3.05) is 13.4 Å². The monoisotopic (exact) mass is 449 g/mol. The van der Waals surface area contributed by atoms with Crippen LogP contribution in [0.4, 0.5) is 5.69 Å². The number of nitro groups is 1. The Morgan fingerprint density at radius 2 is 2.04 bits per heavy atom. The molecule has 0 aromatic heterocycles. The van der Waals surface area contributed by atoms with Crippen LogP contribution < -0.4 is 19.6 Å². The summed E-state index contributed by atoms with van der Waals surface area (Å²) in [5.41, 5.74) is 4.20. The average Bonchev–Trinajstić information content (AvgIpc) is 3.07. The number of carbonyl (C=O) groups excluding carboxylic acids is 1. The first kappa shape index (κ1) is 19.6. The number of rotatable bonds is 6. The Balaban J connectivity index is 1.64. The first-order valence-corrected chi connectivity index (χ1v) is 8.94. The van der Waals surface area contributed by atoms with E-state index < -0.39 is 10.8 Å². The average molecular weight is 450 g/mol. The molecule has 0 atom stereocenters.